The lowest BCUT2D eigenvalue weighted by Gasteiger charge is -2.26. The van der Waals surface area contributed by atoms with Crippen molar-refractivity contribution in [1.82, 2.24) is 9.88 Å². The van der Waals surface area contributed by atoms with Gasteiger partial charge in [-0.25, -0.2) is 0 Å². The van der Waals surface area contributed by atoms with E-state index in [4.69, 9.17) is 9.15 Å². The van der Waals surface area contributed by atoms with E-state index in [-0.39, 0.29) is 11.9 Å². The topological polar surface area (TPSA) is 55.6 Å². The number of benzene rings is 1. The molecule has 5 nitrogen and oxygen atoms in total. The minimum Gasteiger partial charge on any atom is -0.451 e. The third kappa shape index (κ3) is 3.56. The van der Waals surface area contributed by atoms with Crippen molar-refractivity contribution < 1.29 is 13.9 Å². The molecule has 0 aliphatic carbocycles. The summed E-state index contributed by atoms with van der Waals surface area (Å²) in [7, 11) is 1.62. The van der Waals surface area contributed by atoms with Crippen LogP contribution in [0.3, 0.4) is 0 Å². The largest absolute Gasteiger partial charge is 0.451 e. The van der Waals surface area contributed by atoms with Crippen LogP contribution in [0.2, 0.25) is 0 Å². The van der Waals surface area contributed by atoms with Crippen LogP contribution in [-0.2, 0) is 17.9 Å². The van der Waals surface area contributed by atoms with Crippen molar-refractivity contribution in [1.29, 1.82) is 0 Å². The summed E-state index contributed by atoms with van der Waals surface area (Å²) in [4.78, 5) is 19.1. The van der Waals surface area contributed by atoms with Crippen LogP contribution in [-0.4, -0.2) is 28.9 Å². The molecular weight excluding hydrogens is 316 g/mol. The molecule has 0 aliphatic heterocycles. The smallest absolute Gasteiger partial charge is 0.290 e. The van der Waals surface area contributed by atoms with Crippen LogP contribution >= 0.6 is 0 Å². The first kappa shape index (κ1) is 17.2. The van der Waals surface area contributed by atoms with Crippen LogP contribution in [0.15, 0.2) is 53.2 Å². The molecule has 0 fully saturated rings. The number of methoxy groups -OCH3 is 1. The summed E-state index contributed by atoms with van der Waals surface area (Å²) >= 11 is 0. The highest BCUT2D eigenvalue weighted by Gasteiger charge is 2.27. The number of fused-ring (bicyclic) bond motifs is 1. The van der Waals surface area contributed by atoms with Gasteiger partial charge in [0.1, 0.15) is 5.58 Å². The number of furan rings is 1. The number of carbonyl (C=O) groups is 1. The Kier molecular flexibility index (Phi) is 5.14. The second-order valence-electron chi connectivity index (χ2n) is 6.23. The third-order valence-corrected chi connectivity index (χ3v) is 4.14. The van der Waals surface area contributed by atoms with Crippen LogP contribution in [0.5, 0.6) is 0 Å². The number of hydrogen-bond acceptors (Lipinski definition) is 4. The van der Waals surface area contributed by atoms with Crippen molar-refractivity contribution in [2.75, 3.05) is 7.11 Å². The molecule has 0 atom stereocenters. The number of aromatic nitrogens is 1. The normalized spacial score (nSPS) is 11.2. The highest BCUT2D eigenvalue weighted by Crippen LogP contribution is 2.28. The van der Waals surface area contributed by atoms with Gasteiger partial charge < -0.3 is 14.1 Å². The third-order valence-electron chi connectivity index (χ3n) is 4.14. The summed E-state index contributed by atoms with van der Waals surface area (Å²) < 4.78 is 11.2. The zero-order chi connectivity index (χ0) is 17.8. The summed E-state index contributed by atoms with van der Waals surface area (Å²) in [6, 6.07) is 11.5. The average molecular weight is 338 g/mol. The minimum absolute atomic E-state index is 0.0244. The van der Waals surface area contributed by atoms with Crippen LogP contribution in [0.4, 0.5) is 0 Å². The predicted octanol–water partition coefficient (Wildman–Crippen LogP) is 4.03. The van der Waals surface area contributed by atoms with E-state index in [1.807, 2.05) is 50.2 Å². The van der Waals surface area contributed by atoms with Crippen LogP contribution in [0.25, 0.3) is 11.0 Å². The summed E-state index contributed by atoms with van der Waals surface area (Å²) in [6.45, 7) is 4.80. The van der Waals surface area contributed by atoms with Gasteiger partial charge in [0.25, 0.3) is 5.91 Å². The van der Waals surface area contributed by atoms with E-state index >= 15 is 0 Å². The van der Waals surface area contributed by atoms with Gasteiger partial charge in [-0.3, -0.25) is 9.78 Å². The van der Waals surface area contributed by atoms with Crippen molar-refractivity contribution in [2.24, 2.45) is 0 Å². The van der Waals surface area contributed by atoms with Gasteiger partial charge in [0.15, 0.2) is 5.76 Å². The standard InChI is InChI=1S/C20H22N2O3/c1-14(2)22(12-15-7-6-10-21-11-15)20(23)19-17(13-24-3)16-8-4-5-9-18(16)25-19/h4-11,14H,12-13H2,1-3H3. The Labute approximate surface area is 147 Å². The number of hydrogen-bond donors (Lipinski definition) is 0. The summed E-state index contributed by atoms with van der Waals surface area (Å²) in [6.07, 6.45) is 3.50. The van der Waals surface area contributed by atoms with Gasteiger partial charge in [0, 0.05) is 43.0 Å². The fourth-order valence-corrected chi connectivity index (χ4v) is 2.87. The van der Waals surface area contributed by atoms with Crippen LogP contribution in [0, 0.1) is 0 Å². The monoisotopic (exact) mass is 338 g/mol. The maximum atomic E-state index is 13.2. The molecule has 25 heavy (non-hydrogen) atoms. The van der Waals surface area contributed by atoms with Gasteiger partial charge >= 0.3 is 0 Å². The highest BCUT2D eigenvalue weighted by molar-refractivity contribution is 5.99. The Morgan fingerprint density at radius 1 is 1.24 bits per heavy atom. The molecule has 0 radical (unpaired) electrons. The molecule has 0 aliphatic rings. The Bertz CT molecular complexity index is 856. The van der Waals surface area contributed by atoms with Crippen LogP contribution < -0.4 is 0 Å². The lowest BCUT2D eigenvalue weighted by molar-refractivity contribution is 0.0653. The summed E-state index contributed by atoms with van der Waals surface area (Å²) in [5.74, 6) is 0.211. The quantitative estimate of drug-likeness (QED) is 0.681. The van der Waals surface area contributed by atoms with Crippen molar-refractivity contribution in [3.05, 3.63) is 65.7 Å². The number of carbonyl (C=O) groups excluding carboxylic acids is 1. The van der Waals surface area contributed by atoms with Crippen LogP contribution in [0.1, 0.15) is 35.5 Å². The molecule has 0 saturated carbocycles. The molecule has 1 aromatic carbocycles. The Hall–Kier alpha value is -2.66. The van der Waals surface area contributed by atoms with E-state index in [0.717, 1.165) is 16.5 Å². The molecule has 0 unspecified atom stereocenters. The Morgan fingerprint density at radius 3 is 2.72 bits per heavy atom. The fourth-order valence-electron chi connectivity index (χ4n) is 2.87. The van der Waals surface area contributed by atoms with E-state index in [1.54, 1.807) is 24.4 Å². The van der Waals surface area contributed by atoms with Gasteiger partial charge in [0.05, 0.1) is 6.61 Å². The van der Waals surface area contributed by atoms with Crippen molar-refractivity contribution in [2.45, 2.75) is 33.0 Å². The number of ether oxygens (including phenoxy) is 1. The lowest BCUT2D eigenvalue weighted by atomic mass is 10.1. The first-order chi connectivity index (χ1) is 12.1. The second kappa shape index (κ2) is 7.49. The Morgan fingerprint density at radius 2 is 2.04 bits per heavy atom. The lowest BCUT2D eigenvalue weighted by Crippen LogP contribution is -2.36. The maximum Gasteiger partial charge on any atom is 0.290 e. The highest BCUT2D eigenvalue weighted by atomic mass is 16.5. The maximum absolute atomic E-state index is 13.2. The fraction of sp³-hybridized carbons (Fsp3) is 0.300. The summed E-state index contributed by atoms with van der Waals surface area (Å²) in [5, 5.41) is 0.915. The first-order valence-corrected chi connectivity index (χ1v) is 8.31. The molecule has 1 amide bonds. The van der Waals surface area contributed by atoms with Crippen molar-refractivity contribution in [3.63, 3.8) is 0 Å². The van der Waals surface area contributed by atoms with E-state index in [1.165, 1.54) is 0 Å². The van der Waals surface area contributed by atoms with Crippen molar-refractivity contribution in [3.8, 4) is 0 Å². The average Bonchev–Trinajstić information content (AvgIpc) is 2.99. The molecule has 0 bridgehead atoms. The molecule has 3 aromatic rings. The Balaban J connectivity index is 1.99. The van der Waals surface area contributed by atoms with Gasteiger partial charge in [-0.1, -0.05) is 24.3 Å². The second-order valence-corrected chi connectivity index (χ2v) is 6.23. The summed E-state index contributed by atoms with van der Waals surface area (Å²) in [5.41, 5.74) is 2.47. The van der Waals surface area contributed by atoms with E-state index < -0.39 is 0 Å². The van der Waals surface area contributed by atoms with Gasteiger partial charge in [0.2, 0.25) is 0 Å². The van der Waals surface area contributed by atoms with E-state index in [2.05, 4.69) is 4.98 Å². The van der Waals surface area contributed by atoms with E-state index in [9.17, 15) is 4.79 Å². The zero-order valence-electron chi connectivity index (χ0n) is 14.7. The number of para-hydroxylation sites is 1. The molecule has 0 spiro atoms. The van der Waals surface area contributed by atoms with Gasteiger partial charge in [-0.15, -0.1) is 0 Å². The molecular formula is C20H22N2O3. The first-order valence-electron chi connectivity index (χ1n) is 8.31. The molecule has 3 rings (SSSR count). The molecule has 0 N–H and O–H groups in total. The predicted molar refractivity (Wildman–Crippen MR) is 96.2 cm³/mol. The SMILES string of the molecule is COCc1c(C(=O)N(Cc2cccnc2)C(C)C)oc2ccccc12. The van der Waals surface area contributed by atoms with Gasteiger partial charge in [-0.2, -0.15) is 0 Å². The molecule has 0 saturated heterocycles. The number of rotatable bonds is 6. The molecule has 2 heterocycles. The molecule has 130 valence electrons. The van der Waals surface area contributed by atoms with E-state index in [0.29, 0.717) is 24.5 Å². The number of pyridine rings is 1. The van der Waals surface area contributed by atoms with Gasteiger partial charge in [-0.05, 0) is 31.5 Å². The van der Waals surface area contributed by atoms with Crippen molar-refractivity contribution >= 4 is 16.9 Å². The number of nitrogens with zero attached hydrogens (tertiary/aromatic N) is 2. The number of amides is 1. The molecule has 2 aromatic heterocycles. The minimum atomic E-state index is -0.137. The zero-order valence-corrected chi connectivity index (χ0v) is 14.7. The molecule has 5 heteroatoms.